The molecule has 0 aliphatic carbocycles. The van der Waals surface area contributed by atoms with E-state index in [2.05, 4.69) is 20.4 Å². The SMILES string of the molecule is CC(CN1CCOCC1)NC(=O)c1cn[nH]c1N. The minimum atomic E-state index is -0.193. The number of aromatic amines is 1. The molecule has 1 aromatic heterocycles. The summed E-state index contributed by atoms with van der Waals surface area (Å²) in [6, 6.07) is 0.0601. The van der Waals surface area contributed by atoms with Crippen LogP contribution in [0.2, 0.25) is 0 Å². The lowest BCUT2D eigenvalue weighted by molar-refractivity contribution is 0.0342. The van der Waals surface area contributed by atoms with Crippen LogP contribution in [-0.4, -0.2) is 59.9 Å². The average Bonchev–Trinajstić information content (AvgIpc) is 2.76. The topological polar surface area (TPSA) is 96.3 Å². The second-order valence-corrected chi connectivity index (χ2v) is 4.48. The lowest BCUT2D eigenvalue weighted by atomic mass is 10.2. The Balaban J connectivity index is 1.81. The van der Waals surface area contributed by atoms with Gasteiger partial charge in [-0.05, 0) is 6.92 Å². The first-order valence-electron chi connectivity index (χ1n) is 6.06. The summed E-state index contributed by atoms with van der Waals surface area (Å²) in [5.41, 5.74) is 5.99. The van der Waals surface area contributed by atoms with E-state index in [1.165, 1.54) is 6.20 Å². The molecule has 2 heterocycles. The standard InChI is InChI=1S/C11H19N5O2/c1-8(7-16-2-4-18-5-3-16)14-11(17)9-6-13-15-10(9)12/h6,8H,2-5,7H2,1H3,(H,14,17)(H3,12,13,15). The number of hydrogen-bond acceptors (Lipinski definition) is 5. The van der Waals surface area contributed by atoms with Crippen molar-refractivity contribution in [3.63, 3.8) is 0 Å². The molecule has 7 heteroatoms. The number of amides is 1. The van der Waals surface area contributed by atoms with Crippen LogP contribution in [0.25, 0.3) is 0 Å². The Kier molecular flexibility index (Phi) is 4.16. The number of H-pyrrole nitrogens is 1. The molecular formula is C11H19N5O2. The van der Waals surface area contributed by atoms with E-state index in [1.54, 1.807) is 0 Å². The molecule has 1 aliphatic heterocycles. The quantitative estimate of drug-likeness (QED) is 0.668. The Morgan fingerprint density at radius 2 is 2.39 bits per heavy atom. The molecule has 1 aliphatic rings. The van der Waals surface area contributed by atoms with Gasteiger partial charge in [-0.2, -0.15) is 5.10 Å². The summed E-state index contributed by atoms with van der Waals surface area (Å²) in [6.45, 7) is 6.13. The van der Waals surface area contributed by atoms with Crippen LogP contribution in [0.4, 0.5) is 5.82 Å². The third-order valence-corrected chi connectivity index (χ3v) is 2.93. The lowest BCUT2D eigenvalue weighted by Crippen LogP contribution is -2.46. The summed E-state index contributed by atoms with van der Waals surface area (Å²) in [4.78, 5) is 14.2. The molecule has 18 heavy (non-hydrogen) atoms. The summed E-state index contributed by atoms with van der Waals surface area (Å²) >= 11 is 0. The number of ether oxygens (including phenoxy) is 1. The van der Waals surface area contributed by atoms with Gasteiger partial charge in [-0.1, -0.05) is 0 Å². The molecule has 0 bridgehead atoms. The van der Waals surface area contributed by atoms with Crippen LogP contribution in [0.15, 0.2) is 6.20 Å². The second kappa shape index (κ2) is 5.83. The normalized spacial score (nSPS) is 18.5. The van der Waals surface area contributed by atoms with Crippen molar-refractivity contribution >= 4 is 11.7 Å². The number of carbonyl (C=O) groups excluding carboxylic acids is 1. The molecule has 0 spiro atoms. The van der Waals surface area contributed by atoms with Crippen LogP contribution < -0.4 is 11.1 Å². The molecule has 100 valence electrons. The van der Waals surface area contributed by atoms with Crippen LogP contribution in [0.3, 0.4) is 0 Å². The predicted molar refractivity (Wildman–Crippen MR) is 67.2 cm³/mol. The molecule has 0 saturated carbocycles. The highest BCUT2D eigenvalue weighted by molar-refractivity contribution is 5.98. The van der Waals surface area contributed by atoms with Gasteiger partial charge in [0.2, 0.25) is 0 Å². The maximum Gasteiger partial charge on any atom is 0.256 e. The third kappa shape index (κ3) is 3.21. The molecule has 1 fully saturated rings. The van der Waals surface area contributed by atoms with Gasteiger partial charge in [0.05, 0.1) is 19.4 Å². The first-order valence-corrected chi connectivity index (χ1v) is 6.06. The minimum absolute atomic E-state index is 0.0601. The molecule has 1 aromatic rings. The number of nitrogens with zero attached hydrogens (tertiary/aromatic N) is 2. The van der Waals surface area contributed by atoms with Crippen LogP contribution >= 0.6 is 0 Å². The number of anilines is 1. The van der Waals surface area contributed by atoms with Gasteiger partial charge >= 0.3 is 0 Å². The minimum Gasteiger partial charge on any atom is -0.383 e. The van der Waals surface area contributed by atoms with Gasteiger partial charge in [-0.3, -0.25) is 14.8 Å². The van der Waals surface area contributed by atoms with E-state index in [0.717, 1.165) is 32.8 Å². The smallest absolute Gasteiger partial charge is 0.256 e. The zero-order valence-electron chi connectivity index (χ0n) is 10.5. The second-order valence-electron chi connectivity index (χ2n) is 4.48. The van der Waals surface area contributed by atoms with Gasteiger partial charge in [0, 0.05) is 25.7 Å². The largest absolute Gasteiger partial charge is 0.383 e. The van der Waals surface area contributed by atoms with Gasteiger partial charge in [-0.25, -0.2) is 0 Å². The van der Waals surface area contributed by atoms with Crippen molar-refractivity contribution in [2.75, 3.05) is 38.6 Å². The van der Waals surface area contributed by atoms with Gasteiger partial charge in [0.15, 0.2) is 0 Å². The number of morpholine rings is 1. The van der Waals surface area contributed by atoms with Gasteiger partial charge in [-0.15, -0.1) is 0 Å². The lowest BCUT2D eigenvalue weighted by Gasteiger charge is -2.29. The fraction of sp³-hybridized carbons (Fsp3) is 0.636. The Morgan fingerprint density at radius 1 is 1.67 bits per heavy atom. The molecule has 1 amide bonds. The first kappa shape index (κ1) is 12.8. The zero-order chi connectivity index (χ0) is 13.0. The highest BCUT2D eigenvalue weighted by Gasteiger charge is 2.17. The van der Waals surface area contributed by atoms with Crippen LogP contribution in [0, 0.1) is 0 Å². The number of aromatic nitrogens is 2. The van der Waals surface area contributed by atoms with Gasteiger partial charge in [0.25, 0.3) is 5.91 Å². The number of carbonyl (C=O) groups is 1. The summed E-state index contributed by atoms with van der Waals surface area (Å²) in [5.74, 6) is 0.105. The number of rotatable bonds is 4. The van der Waals surface area contributed by atoms with E-state index in [4.69, 9.17) is 10.5 Å². The summed E-state index contributed by atoms with van der Waals surface area (Å²) in [5, 5.41) is 9.18. The number of hydrogen-bond donors (Lipinski definition) is 3. The van der Waals surface area contributed by atoms with Crippen molar-refractivity contribution in [1.82, 2.24) is 20.4 Å². The van der Waals surface area contributed by atoms with Crippen LogP contribution in [-0.2, 0) is 4.74 Å². The van der Waals surface area contributed by atoms with E-state index in [1.807, 2.05) is 6.92 Å². The van der Waals surface area contributed by atoms with Crippen LogP contribution in [0.1, 0.15) is 17.3 Å². The summed E-state index contributed by atoms with van der Waals surface area (Å²) in [6.07, 6.45) is 1.44. The molecule has 0 radical (unpaired) electrons. The maximum absolute atomic E-state index is 11.9. The van der Waals surface area contributed by atoms with Gasteiger partial charge < -0.3 is 15.8 Å². The Labute approximate surface area is 106 Å². The van der Waals surface area contributed by atoms with E-state index >= 15 is 0 Å². The summed E-state index contributed by atoms with van der Waals surface area (Å²) in [7, 11) is 0. The molecule has 1 atom stereocenters. The number of nitrogens with two attached hydrogens (primary N) is 1. The average molecular weight is 253 g/mol. The maximum atomic E-state index is 11.9. The zero-order valence-corrected chi connectivity index (χ0v) is 10.5. The Hall–Kier alpha value is -1.60. The van der Waals surface area contributed by atoms with Crippen molar-refractivity contribution in [3.8, 4) is 0 Å². The molecule has 1 saturated heterocycles. The van der Waals surface area contributed by atoms with E-state index < -0.39 is 0 Å². The van der Waals surface area contributed by atoms with E-state index in [0.29, 0.717) is 11.4 Å². The molecular weight excluding hydrogens is 234 g/mol. The highest BCUT2D eigenvalue weighted by atomic mass is 16.5. The fourth-order valence-electron chi connectivity index (χ4n) is 2.00. The predicted octanol–water partition coefficient (Wildman–Crippen LogP) is -0.558. The van der Waals surface area contributed by atoms with Crippen molar-refractivity contribution in [3.05, 3.63) is 11.8 Å². The van der Waals surface area contributed by atoms with Crippen LogP contribution in [0.5, 0.6) is 0 Å². The monoisotopic (exact) mass is 253 g/mol. The molecule has 1 unspecified atom stereocenters. The highest BCUT2D eigenvalue weighted by Crippen LogP contribution is 2.06. The van der Waals surface area contributed by atoms with E-state index in [-0.39, 0.29) is 11.9 Å². The Morgan fingerprint density at radius 3 is 3.00 bits per heavy atom. The van der Waals surface area contributed by atoms with Crippen molar-refractivity contribution in [1.29, 1.82) is 0 Å². The third-order valence-electron chi connectivity index (χ3n) is 2.93. The number of nitrogen functional groups attached to an aromatic ring is 1. The Bertz CT molecular complexity index is 400. The van der Waals surface area contributed by atoms with E-state index in [9.17, 15) is 4.79 Å². The molecule has 2 rings (SSSR count). The van der Waals surface area contributed by atoms with Crippen molar-refractivity contribution < 1.29 is 9.53 Å². The number of nitrogens with one attached hydrogen (secondary N) is 2. The van der Waals surface area contributed by atoms with Gasteiger partial charge in [0.1, 0.15) is 11.4 Å². The van der Waals surface area contributed by atoms with Crippen molar-refractivity contribution in [2.24, 2.45) is 0 Å². The summed E-state index contributed by atoms with van der Waals surface area (Å²) < 4.78 is 5.28. The molecule has 4 N–H and O–H groups in total. The molecule has 7 nitrogen and oxygen atoms in total. The first-order chi connectivity index (χ1) is 8.66. The molecule has 0 aromatic carbocycles. The van der Waals surface area contributed by atoms with Crippen molar-refractivity contribution in [2.45, 2.75) is 13.0 Å². The fourth-order valence-corrected chi connectivity index (χ4v) is 2.00.